The van der Waals surface area contributed by atoms with Crippen molar-refractivity contribution >= 4 is 35.2 Å². The number of carbonyl (C=O) groups excluding carboxylic acids is 6. The van der Waals surface area contributed by atoms with Crippen LogP contribution in [0.4, 0.5) is 0 Å². The van der Waals surface area contributed by atoms with E-state index in [1.54, 1.807) is 27.7 Å². The number of nitrogens with one attached hydrogen (secondary N) is 4. The van der Waals surface area contributed by atoms with Gasteiger partial charge in [-0.05, 0) is 12.8 Å². The Morgan fingerprint density at radius 3 is 1.32 bits per heavy atom. The Labute approximate surface area is 396 Å². The predicted octanol–water partition coefficient (Wildman–Crippen LogP) is -5.42. The monoisotopic (exact) mass is 984 g/mol. The van der Waals surface area contributed by atoms with Crippen molar-refractivity contribution in [2.24, 2.45) is 11.8 Å². The quantitative estimate of drug-likeness (QED) is 0.0264. The van der Waals surface area contributed by atoms with E-state index in [9.17, 15) is 69.6 Å². The topological polar surface area (TPSA) is 371 Å². The minimum atomic E-state index is -1.66. The van der Waals surface area contributed by atoms with Gasteiger partial charge in [0.15, 0.2) is 12.6 Å². The highest BCUT2D eigenvalue weighted by Crippen LogP contribution is 2.23. The Kier molecular flexibility index (Phi) is 29.7. The van der Waals surface area contributed by atoms with Crippen LogP contribution in [0.5, 0.6) is 0 Å². The second-order valence-corrected chi connectivity index (χ2v) is 17.3. The normalized spacial score (nSPS) is 25.2. The van der Waals surface area contributed by atoms with Gasteiger partial charge in [-0.1, -0.05) is 34.1 Å². The lowest BCUT2D eigenvalue weighted by Crippen LogP contribution is -2.59. The van der Waals surface area contributed by atoms with Crippen LogP contribution in [0.2, 0.25) is 0 Å². The van der Waals surface area contributed by atoms with Crippen LogP contribution in [-0.2, 0) is 57.2 Å². The summed E-state index contributed by atoms with van der Waals surface area (Å²) in [6.07, 6.45) is -12.8. The molecule has 25 heteroatoms. The van der Waals surface area contributed by atoms with Crippen LogP contribution >= 0.6 is 0 Å². The zero-order valence-corrected chi connectivity index (χ0v) is 39.6. The number of carbonyl (C=O) groups is 6. The van der Waals surface area contributed by atoms with E-state index in [-0.39, 0.29) is 108 Å². The number of hydrogen-bond donors (Lipinski definition) is 12. The summed E-state index contributed by atoms with van der Waals surface area (Å²) in [5.41, 5.74) is 0. The number of rotatable bonds is 35. The number of nitrogens with zero attached hydrogens (tertiary/aromatic N) is 1. The van der Waals surface area contributed by atoms with Crippen molar-refractivity contribution in [2.75, 3.05) is 92.1 Å². The number of Topliss-reactive ketones (excluding diaryl/α,β-unsaturated/α-hetero) is 2. The van der Waals surface area contributed by atoms with E-state index >= 15 is 0 Å². The molecule has 0 aromatic carbocycles. The summed E-state index contributed by atoms with van der Waals surface area (Å²) in [4.78, 5) is 76.8. The fourth-order valence-corrected chi connectivity index (χ4v) is 6.71. The van der Waals surface area contributed by atoms with Gasteiger partial charge in [-0.25, -0.2) is 0 Å². The van der Waals surface area contributed by atoms with Gasteiger partial charge in [-0.2, -0.15) is 0 Å². The summed E-state index contributed by atoms with van der Waals surface area (Å²) >= 11 is 0. The molecule has 0 aromatic rings. The number of ether oxygens (including phenoxy) is 6. The van der Waals surface area contributed by atoms with Crippen LogP contribution in [-0.4, -0.2) is 241 Å². The Hall–Kier alpha value is -3.38. The van der Waals surface area contributed by atoms with Crippen molar-refractivity contribution < 1.29 is 98.0 Å². The lowest BCUT2D eigenvalue weighted by molar-refractivity contribution is -0.300. The van der Waals surface area contributed by atoms with Gasteiger partial charge in [0.05, 0.1) is 78.5 Å². The van der Waals surface area contributed by atoms with Crippen molar-refractivity contribution in [3.05, 3.63) is 0 Å². The molecule has 2 fully saturated rings. The van der Waals surface area contributed by atoms with Crippen LogP contribution in [0.25, 0.3) is 0 Å². The smallest absolute Gasteiger partial charge is 0.234 e. The lowest BCUT2D eigenvalue weighted by Gasteiger charge is -2.39. The molecule has 68 heavy (non-hydrogen) atoms. The summed E-state index contributed by atoms with van der Waals surface area (Å²) < 4.78 is 32.6. The molecular formula is C43H77N5O20. The van der Waals surface area contributed by atoms with Gasteiger partial charge in [0, 0.05) is 50.7 Å². The van der Waals surface area contributed by atoms with E-state index in [4.69, 9.17) is 28.4 Å². The van der Waals surface area contributed by atoms with Crippen molar-refractivity contribution in [2.45, 2.75) is 134 Å². The van der Waals surface area contributed by atoms with Gasteiger partial charge in [0.1, 0.15) is 60.4 Å². The molecule has 0 aromatic heterocycles. The third-order valence-corrected chi connectivity index (χ3v) is 10.9. The largest absolute Gasteiger partial charge is 0.394 e. The van der Waals surface area contributed by atoms with E-state index in [0.717, 1.165) is 0 Å². The first-order chi connectivity index (χ1) is 32.3. The summed E-state index contributed by atoms with van der Waals surface area (Å²) in [5.74, 6) is -2.15. The third kappa shape index (κ3) is 23.0. The van der Waals surface area contributed by atoms with Crippen molar-refractivity contribution in [1.29, 1.82) is 0 Å². The lowest BCUT2D eigenvalue weighted by atomic mass is 9.99. The zero-order valence-electron chi connectivity index (χ0n) is 39.6. The minimum Gasteiger partial charge on any atom is -0.394 e. The molecule has 2 heterocycles. The standard InChI is InChI=1S/C43H77N5O20/c1-25(2)28(51)9-14-63-23-27(24-64-15-10-29(52)26(3)4)47-32(53)8-6-5-7-11-44-33(54)18-48(19-34(55)45-12-16-65-42-40(61)38(59)36(57)30(21-49)67-42)20-35(56)46-13-17-66-43-41(62)39(60)37(58)31(22-50)68-43/h25-27,30-31,36-43,49-50,57-62H,5-24H2,1-4H3,(H,44,54)(H,45,55)(H,46,56)(H,47,53)/t30-,31-,36-,37-,38+,39+,40-,41-,42-,43-/m1/s1. The highest BCUT2D eigenvalue weighted by atomic mass is 16.7. The Morgan fingerprint density at radius 2 is 0.926 bits per heavy atom. The van der Waals surface area contributed by atoms with Crippen molar-refractivity contribution in [3.63, 3.8) is 0 Å². The van der Waals surface area contributed by atoms with Crippen LogP contribution in [0.3, 0.4) is 0 Å². The molecule has 0 bridgehead atoms. The van der Waals surface area contributed by atoms with Crippen LogP contribution in [0.15, 0.2) is 0 Å². The molecule has 2 aliphatic heterocycles. The maximum atomic E-state index is 13.0. The second kappa shape index (κ2) is 33.2. The maximum absolute atomic E-state index is 13.0. The Morgan fingerprint density at radius 1 is 0.515 bits per heavy atom. The van der Waals surface area contributed by atoms with Gasteiger partial charge >= 0.3 is 0 Å². The highest BCUT2D eigenvalue weighted by molar-refractivity contribution is 5.84. The predicted molar refractivity (Wildman–Crippen MR) is 236 cm³/mol. The first-order valence-electron chi connectivity index (χ1n) is 23.2. The second-order valence-electron chi connectivity index (χ2n) is 17.3. The van der Waals surface area contributed by atoms with Gasteiger partial charge in [0.25, 0.3) is 0 Å². The van der Waals surface area contributed by atoms with Crippen LogP contribution < -0.4 is 21.3 Å². The van der Waals surface area contributed by atoms with Crippen LogP contribution in [0, 0.1) is 11.8 Å². The van der Waals surface area contributed by atoms with E-state index in [1.165, 1.54) is 4.90 Å². The fourth-order valence-electron chi connectivity index (χ4n) is 6.71. The molecule has 2 saturated heterocycles. The van der Waals surface area contributed by atoms with E-state index < -0.39 is 118 Å². The van der Waals surface area contributed by atoms with Gasteiger partial charge in [-0.15, -0.1) is 0 Å². The van der Waals surface area contributed by atoms with Crippen molar-refractivity contribution in [3.8, 4) is 0 Å². The SMILES string of the molecule is CC(C)C(=O)CCOCC(COCCC(=O)C(C)C)NC(=O)CCCCCNC(=O)CN(CC(=O)NCCO[C@@H]1O[C@H](CO)[C@@H](O)[C@H](O)[C@H]1O)CC(=O)NCCO[C@@H]1O[C@H](CO)[C@@H](O)[C@H](O)[C@H]1O. The summed E-state index contributed by atoms with van der Waals surface area (Å²) in [7, 11) is 0. The van der Waals surface area contributed by atoms with Gasteiger partial charge < -0.3 is 90.5 Å². The molecule has 0 radical (unpaired) electrons. The molecule has 2 aliphatic rings. The molecule has 0 unspecified atom stereocenters. The summed E-state index contributed by atoms with van der Waals surface area (Å²) in [6, 6.07) is -0.507. The molecule has 0 aliphatic carbocycles. The highest BCUT2D eigenvalue weighted by Gasteiger charge is 2.45. The zero-order chi connectivity index (χ0) is 50.8. The number of unbranched alkanes of at least 4 members (excludes halogenated alkanes) is 2. The molecule has 4 amide bonds. The molecule has 10 atom stereocenters. The number of amides is 4. The Balaban J connectivity index is 1.87. The number of hydrogen-bond acceptors (Lipinski definition) is 21. The van der Waals surface area contributed by atoms with E-state index in [0.29, 0.717) is 19.3 Å². The fraction of sp³-hybridized carbons (Fsp3) is 0.860. The van der Waals surface area contributed by atoms with E-state index in [2.05, 4.69) is 21.3 Å². The third-order valence-electron chi connectivity index (χ3n) is 10.9. The minimum absolute atomic E-state index is 0.0603. The Bertz CT molecular complexity index is 1420. The average molecular weight is 984 g/mol. The van der Waals surface area contributed by atoms with E-state index in [1.807, 2.05) is 0 Å². The first kappa shape index (κ1) is 60.7. The average Bonchev–Trinajstić information content (AvgIpc) is 3.29. The first-order valence-corrected chi connectivity index (χ1v) is 23.2. The molecule has 25 nitrogen and oxygen atoms in total. The van der Waals surface area contributed by atoms with Gasteiger partial charge in [-0.3, -0.25) is 33.7 Å². The molecule has 394 valence electrons. The molecule has 2 rings (SSSR count). The number of aliphatic hydroxyl groups is 8. The summed E-state index contributed by atoms with van der Waals surface area (Å²) in [5, 5.41) is 89.7. The maximum Gasteiger partial charge on any atom is 0.234 e. The summed E-state index contributed by atoms with van der Waals surface area (Å²) in [6.45, 7) is 4.68. The molecule has 0 saturated carbocycles. The number of aliphatic hydroxyl groups excluding tert-OH is 8. The van der Waals surface area contributed by atoms with Gasteiger partial charge in [0.2, 0.25) is 23.6 Å². The number of ketones is 2. The van der Waals surface area contributed by atoms with Crippen molar-refractivity contribution in [1.82, 2.24) is 26.2 Å². The molecule has 12 N–H and O–H groups in total. The molecule has 0 spiro atoms. The van der Waals surface area contributed by atoms with Crippen LogP contribution in [0.1, 0.15) is 66.2 Å². The molecular weight excluding hydrogens is 906 g/mol.